The summed E-state index contributed by atoms with van der Waals surface area (Å²) in [5.74, 6) is 0. The first-order chi connectivity index (χ1) is 9.72. The van der Waals surface area contributed by atoms with Gasteiger partial charge in [-0.05, 0) is 30.5 Å². The van der Waals surface area contributed by atoms with Crippen LogP contribution in [0.3, 0.4) is 0 Å². The molecule has 0 fully saturated rings. The molecule has 0 saturated carbocycles. The molecule has 1 aromatic rings. The molecule has 4 N–H and O–H groups in total. The molecule has 1 aromatic carbocycles. The zero-order valence-electron chi connectivity index (χ0n) is 13.3. The lowest BCUT2D eigenvalue weighted by molar-refractivity contribution is 0.328. The van der Waals surface area contributed by atoms with E-state index in [1.54, 1.807) is 25.1 Å². The maximum absolute atomic E-state index is 12.3. The summed E-state index contributed by atoms with van der Waals surface area (Å²) in [6.07, 6.45) is 0.777. The fraction of sp³-hybridized carbons (Fsp3) is 0.600. The fourth-order valence-corrected chi connectivity index (χ4v) is 3.37. The number of benzene rings is 1. The smallest absolute Gasteiger partial charge is 0.242 e. The van der Waals surface area contributed by atoms with Gasteiger partial charge in [0.25, 0.3) is 0 Å². The number of anilines is 1. The summed E-state index contributed by atoms with van der Waals surface area (Å²) in [5, 5.41) is 3.35. The zero-order chi connectivity index (χ0) is 16.1. The van der Waals surface area contributed by atoms with Crippen molar-refractivity contribution >= 4 is 15.7 Å². The normalized spacial score (nSPS) is 14.0. The number of nitrogens with one attached hydrogen (secondary N) is 2. The van der Waals surface area contributed by atoms with Gasteiger partial charge in [-0.25, -0.2) is 13.1 Å². The third-order valence-corrected chi connectivity index (χ3v) is 4.95. The van der Waals surface area contributed by atoms with Crippen molar-refractivity contribution < 1.29 is 8.42 Å². The minimum Gasteiger partial charge on any atom is -0.381 e. The molecule has 6 heteroatoms. The van der Waals surface area contributed by atoms with Crippen molar-refractivity contribution in [3.63, 3.8) is 0 Å². The Morgan fingerprint density at radius 2 is 1.86 bits per heavy atom. The van der Waals surface area contributed by atoms with E-state index in [9.17, 15) is 8.42 Å². The Balaban J connectivity index is 3.14. The van der Waals surface area contributed by atoms with Crippen LogP contribution < -0.4 is 15.8 Å². The third-order valence-electron chi connectivity index (χ3n) is 3.34. The van der Waals surface area contributed by atoms with Crippen molar-refractivity contribution in [3.05, 3.63) is 24.3 Å². The Hall–Kier alpha value is -1.11. The summed E-state index contributed by atoms with van der Waals surface area (Å²) in [7, 11) is -3.49. The molecule has 5 nitrogen and oxygen atoms in total. The molecule has 0 heterocycles. The van der Waals surface area contributed by atoms with E-state index in [2.05, 4.69) is 30.8 Å². The molecule has 0 aromatic heterocycles. The zero-order valence-corrected chi connectivity index (χ0v) is 14.1. The lowest BCUT2D eigenvalue weighted by Crippen LogP contribution is -2.36. The summed E-state index contributed by atoms with van der Waals surface area (Å²) in [5.41, 5.74) is 6.28. The van der Waals surface area contributed by atoms with Gasteiger partial charge < -0.3 is 11.1 Å². The van der Waals surface area contributed by atoms with E-state index in [1.807, 2.05) is 6.07 Å². The molecule has 0 spiro atoms. The van der Waals surface area contributed by atoms with Crippen LogP contribution in [0.25, 0.3) is 0 Å². The van der Waals surface area contributed by atoms with Gasteiger partial charge >= 0.3 is 0 Å². The van der Waals surface area contributed by atoms with Gasteiger partial charge in [-0.3, -0.25) is 0 Å². The number of nitrogens with two attached hydrogens (primary N) is 1. The van der Waals surface area contributed by atoms with Gasteiger partial charge in [0, 0.05) is 12.6 Å². The van der Waals surface area contributed by atoms with Gasteiger partial charge in [-0.2, -0.15) is 0 Å². The topological polar surface area (TPSA) is 84.2 Å². The molecule has 0 saturated heterocycles. The highest BCUT2D eigenvalue weighted by molar-refractivity contribution is 7.89. The number of para-hydroxylation sites is 1. The summed E-state index contributed by atoms with van der Waals surface area (Å²) < 4.78 is 27.1. The lowest BCUT2D eigenvalue weighted by atomic mass is 9.84. The van der Waals surface area contributed by atoms with E-state index >= 15 is 0 Å². The second kappa shape index (κ2) is 7.24. The predicted molar refractivity (Wildman–Crippen MR) is 87.8 cm³/mol. The van der Waals surface area contributed by atoms with Crippen molar-refractivity contribution in [2.24, 2.45) is 11.1 Å². The molecule has 0 aliphatic rings. The van der Waals surface area contributed by atoms with Gasteiger partial charge in [0.2, 0.25) is 10.0 Å². The maximum Gasteiger partial charge on any atom is 0.242 e. The number of rotatable bonds is 7. The fourth-order valence-electron chi connectivity index (χ4n) is 2.16. The molecular weight excluding hydrogens is 286 g/mol. The Kier molecular flexibility index (Phi) is 6.19. The highest BCUT2D eigenvalue weighted by Crippen LogP contribution is 2.28. The van der Waals surface area contributed by atoms with E-state index in [4.69, 9.17) is 5.73 Å². The van der Waals surface area contributed by atoms with Crippen LogP contribution in [0.4, 0.5) is 5.69 Å². The van der Waals surface area contributed by atoms with Crippen molar-refractivity contribution in [1.82, 2.24) is 4.72 Å². The highest BCUT2D eigenvalue weighted by atomic mass is 32.2. The monoisotopic (exact) mass is 313 g/mol. The van der Waals surface area contributed by atoms with E-state index in [0.717, 1.165) is 6.42 Å². The molecule has 0 bridgehead atoms. The van der Waals surface area contributed by atoms with Crippen LogP contribution >= 0.6 is 0 Å². The maximum atomic E-state index is 12.3. The van der Waals surface area contributed by atoms with Crippen LogP contribution in [-0.4, -0.2) is 27.5 Å². The molecule has 1 atom stereocenters. The van der Waals surface area contributed by atoms with Crippen LogP contribution in [0.2, 0.25) is 0 Å². The van der Waals surface area contributed by atoms with E-state index < -0.39 is 10.0 Å². The van der Waals surface area contributed by atoms with Gasteiger partial charge in [0.1, 0.15) is 4.90 Å². The van der Waals surface area contributed by atoms with Crippen LogP contribution in [0.15, 0.2) is 29.2 Å². The van der Waals surface area contributed by atoms with Crippen LogP contribution in [0, 0.1) is 5.41 Å². The Labute approximate surface area is 128 Å². The van der Waals surface area contributed by atoms with Crippen molar-refractivity contribution in [2.45, 2.75) is 45.1 Å². The molecule has 0 aliphatic carbocycles. The van der Waals surface area contributed by atoms with Crippen LogP contribution in [-0.2, 0) is 10.0 Å². The SMILES string of the molecule is CCNS(=O)(=O)c1ccccc1NC(CCN)C(C)(C)C. The third kappa shape index (κ3) is 4.98. The summed E-state index contributed by atoms with van der Waals surface area (Å²) in [6, 6.07) is 7.06. The van der Waals surface area contributed by atoms with Gasteiger partial charge in [0.05, 0.1) is 5.69 Å². The van der Waals surface area contributed by atoms with Crippen LogP contribution in [0.5, 0.6) is 0 Å². The quantitative estimate of drug-likeness (QED) is 0.720. The standard InChI is InChI=1S/C15H27N3O2S/c1-5-17-21(19,20)13-9-7-6-8-12(13)18-14(10-11-16)15(2,3)4/h6-9,14,17-18H,5,10-11,16H2,1-4H3. The van der Waals surface area contributed by atoms with Crippen molar-refractivity contribution in [1.29, 1.82) is 0 Å². The second-order valence-corrected chi connectivity index (χ2v) is 7.87. The Morgan fingerprint density at radius 3 is 2.38 bits per heavy atom. The summed E-state index contributed by atoms with van der Waals surface area (Å²) in [4.78, 5) is 0.276. The minimum absolute atomic E-state index is 0.0194. The predicted octanol–water partition coefficient (Wildman–Crippen LogP) is 2.16. The molecule has 0 aliphatic heterocycles. The average Bonchev–Trinajstić information content (AvgIpc) is 2.37. The number of hydrogen-bond donors (Lipinski definition) is 3. The van der Waals surface area contributed by atoms with E-state index in [1.165, 1.54) is 0 Å². The minimum atomic E-state index is -3.49. The van der Waals surface area contributed by atoms with Crippen LogP contribution in [0.1, 0.15) is 34.1 Å². The first-order valence-electron chi connectivity index (χ1n) is 7.27. The largest absolute Gasteiger partial charge is 0.381 e. The van der Waals surface area contributed by atoms with Gasteiger partial charge in [-0.15, -0.1) is 0 Å². The van der Waals surface area contributed by atoms with E-state index in [0.29, 0.717) is 18.8 Å². The summed E-state index contributed by atoms with van der Waals surface area (Å²) in [6.45, 7) is 9.02. The first-order valence-corrected chi connectivity index (χ1v) is 8.76. The Morgan fingerprint density at radius 1 is 1.24 bits per heavy atom. The van der Waals surface area contributed by atoms with Crippen molar-refractivity contribution in [3.8, 4) is 0 Å². The molecule has 1 rings (SSSR count). The molecule has 0 amide bonds. The molecule has 120 valence electrons. The molecule has 21 heavy (non-hydrogen) atoms. The molecular formula is C15H27N3O2S. The lowest BCUT2D eigenvalue weighted by Gasteiger charge is -2.32. The number of sulfonamides is 1. The van der Waals surface area contributed by atoms with Gasteiger partial charge in [-0.1, -0.05) is 39.8 Å². The Bertz CT molecular complexity index is 550. The highest BCUT2D eigenvalue weighted by Gasteiger charge is 2.26. The second-order valence-electron chi connectivity index (χ2n) is 6.14. The van der Waals surface area contributed by atoms with Gasteiger partial charge in [0.15, 0.2) is 0 Å². The van der Waals surface area contributed by atoms with E-state index in [-0.39, 0.29) is 16.4 Å². The number of hydrogen-bond acceptors (Lipinski definition) is 4. The first kappa shape index (κ1) is 17.9. The van der Waals surface area contributed by atoms with Crippen molar-refractivity contribution in [2.75, 3.05) is 18.4 Å². The molecule has 1 unspecified atom stereocenters. The average molecular weight is 313 g/mol. The molecule has 0 radical (unpaired) electrons. The summed E-state index contributed by atoms with van der Waals surface area (Å²) >= 11 is 0.